The fraction of sp³-hybridized carbons (Fsp3) is 0.632. The van der Waals surface area contributed by atoms with Crippen LogP contribution >= 0.6 is 0 Å². The third kappa shape index (κ3) is 5.30. The predicted octanol–water partition coefficient (Wildman–Crippen LogP) is 2.34. The highest BCUT2D eigenvalue weighted by atomic mass is 16.5. The van der Waals surface area contributed by atoms with Crippen LogP contribution < -0.4 is 10.6 Å². The van der Waals surface area contributed by atoms with Crippen LogP contribution in [0, 0.1) is 5.41 Å². The Labute approximate surface area is 144 Å². The second-order valence-corrected chi connectivity index (χ2v) is 6.82. The Bertz CT molecular complexity index is 527. The molecule has 0 bridgehead atoms. The number of aryl methyl sites for hydroxylation is 1. The molecule has 1 unspecified atom stereocenters. The van der Waals surface area contributed by atoms with Crippen molar-refractivity contribution in [3.8, 4) is 0 Å². The summed E-state index contributed by atoms with van der Waals surface area (Å²) in [5.74, 6) is 0.0147. The lowest BCUT2D eigenvalue weighted by Crippen LogP contribution is -2.45. The van der Waals surface area contributed by atoms with E-state index in [1.807, 2.05) is 31.2 Å². The van der Waals surface area contributed by atoms with Crippen LogP contribution in [0.5, 0.6) is 0 Å². The molecule has 1 atom stereocenters. The van der Waals surface area contributed by atoms with E-state index in [1.165, 1.54) is 0 Å². The molecule has 0 aromatic heterocycles. The number of para-hydroxylation sites is 1. The molecule has 1 aliphatic rings. The van der Waals surface area contributed by atoms with Gasteiger partial charge in [-0.1, -0.05) is 25.1 Å². The maximum Gasteiger partial charge on any atom is 0.225 e. The molecule has 1 heterocycles. The Kier molecular flexibility index (Phi) is 7.21. The third-order valence-corrected chi connectivity index (χ3v) is 4.88. The lowest BCUT2D eigenvalue weighted by molar-refractivity contribution is -0.116. The van der Waals surface area contributed by atoms with Gasteiger partial charge in [0.25, 0.3) is 0 Å². The summed E-state index contributed by atoms with van der Waals surface area (Å²) in [7, 11) is 0. The minimum Gasteiger partial charge on any atom is -0.396 e. The number of carbonyl (C=O) groups excluding carboxylic acids is 1. The number of carbonyl (C=O) groups is 1. The number of ether oxygens (including phenoxy) is 1. The van der Waals surface area contributed by atoms with Crippen LogP contribution in [0.25, 0.3) is 0 Å². The van der Waals surface area contributed by atoms with E-state index in [0.717, 1.165) is 30.5 Å². The van der Waals surface area contributed by atoms with E-state index < -0.39 is 0 Å². The molecule has 24 heavy (non-hydrogen) atoms. The van der Waals surface area contributed by atoms with Gasteiger partial charge in [-0.25, -0.2) is 0 Å². The van der Waals surface area contributed by atoms with Crippen molar-refractivity contribution >= 4 is 11.6 Å². The molecule has 0 radical (unpaired) electrons. The summed E-state index contributed by atoms with van der Waals surface area (Å²) in [4.78, 5) is 12.3. The van der Waals surface area contributed by atoms with Gasteiger partial charge in [-0.15, -0.1) is 0 Å². The number of rotatable bonds is 8. The molecule has 1 aromatic rings. The third-order valence-electron chi connectivity index (χ3n) is 4.88. The number of aliphatic hydroxyl groups excluding tert-OH is 1. The van der Waals surface area contributed by atoms with Crippen LogP contribution in [0.2, 0.25) is 0 Å². The van der Waals surface area contributed by atoms with Gasteiger partial charge in [-0.2, -0.15) is 0 Å². The van der Waals surface area contributed by atoms with Crippen molar-refractivity contribution in [3.63, 3.8) is 0 Å². The Morgan fingerprint density at radius 2 is 2.04 bits per heavy atom. The predicted molar refractivity (Wildman–Crippen MR) is 96.1 cm³/mol. The maximum absolute atomic E-state index is 12.3. The van der Waals surface area contributed by atoms with Crippen molar-refractivity contribution in [3.05, 3.63) is 29.8 Å². The molecule has 1 fully saturated rings. The van der Waals surface area contributed by atoms with Crippen molar-refractivity contribution in [2.45, 2.75) is 45.6 Å². The van der Waals surface area contributed by atoms with E-state index in [0.29, 0.717) is 26.2 Å². The molecule has 5 nitrogen and oxygen atoms in total. The first-order valence-corrected chi connectivity index (χ1v) is 8.88. The van der Waals surface area contributed by atoms with E-state index in [9.17, 15) is 9.90 Å². The Balaban J connectivity index is 1.81. The van der Waals surface area contributed by atoms with Gasteiger partial charge in [0.15, 0.2) is 0 Å². The van der Waals surface area contributed by atoms with Crippen LogP contribution in [0.15, 0.2) is 24.3 Å². The first-order valence-electron chi connectivity index (χ1n) is 8.88. The standard InChI is InChI=1S/C19H30N2O3/c1-3-16-6-4-5-7-17(16)21-18(23)12-15(2)20-13-19(14-22)8-10-24-11-9-19/h4-7,15,20,22H,3,8-14H2,1-2H3,(H,21,23). The molecule has 1 saturated heterocycles. The Hall–Kier alpha value is -1.43. The highest BCUT2D eigenvalue weighted by molar-refractivity contribution is 5.91. The number of aliphatic hydroxyl groups is 1. The van der Waals surface area contributed by atoms with Crippen molar-refractivity contribution in [2.24, 2.45) is 5.41 Å². The second kappa shape index (κ2) is 9.16. The summed E-state index contributed by atoms with van der Waals surface area (Å²) in [5, 5.41) is 16.1. The quantitative estimate of drug-likeness (QED) is 0.682. The van der Waals surface area contributed by atoms with Gasteiger partial charge < -0.3 is 20.5 Å². The van der Waals surface area contributed by atoms with Gasteiger partial charge in [-0.3, -0.25) is 4.79 Å². The highest BCUT2D eigenvalue weighted by Gasteiger charge is 2.32. The van der Waals surface area contributed by atoms with Crippen molar-refractivity contribution in [1.29, 1.82) is 0 Å². The molecular formula is C19H30N2O3. The van der Waals surface area contributed by atoms with Crippen molar-refractivity contribution in [2.75, 3.05) is 31.7 Å². The fourth-order valence-electron chi connectivity index (χ4n) is 3.09. The molecule has 1 aliphatic heterocycles. The Morgan fingerprint density at radius 3 is 2.71 bits per heavy atom. The lowest BCUT2D eigenvalue weighted by atomic mass is 9.81. The van der Waals surface area contributed by atoms with Crippen LogP contribution in [0.4, 0.5) is 5.69 Å². The molecular weight excluding hydrogens is 304 g/mol. The van der Waals surface area contributed by atoms with Crippen molar-refractivity contribution in [1.82, 2.24) is 5.32 Å². The zero-order chi connectivity index (χ0) is 17.4. The lowest BCUT2D eigenvalue weighted by Gasteiger charge is -2.36. The van der Waals surface area contributed by atoms with Crippen LogP contribution in [-0.2, 0) is 16.0 Å². The zero-order valence-corrected chi connectivity index (χ0v) is 14.8. The van der Waals surface area contributed by atoms with Gasteiger partial charge in [0.2, 0.25) is 5.91 Å². The summed E-state index contributed by atoms with van der Waals surface area (Å²) in [5.41, 5.74) is 1.93. The molecule has 134 valence electrons. The topological polar surface area (TPSA) is 70.6 Å². The smallest absolute Gasteiger partial charge is 0.225 e. The molecule has 1 amide bonds. The van der Waals surface area contributed by atoms with E-state index in [2.05, 4.69) is 17.6 Å². The van der Waals surface area contributed by atoms with E-state index in [1.54, 1.807) is 0 Å². The molecule has 0 aliphatic carbocycles. The maximum atomic E-state index is 12.3. The molecule has 0 saturated carbocycles. The number of amides is 1. The number of hydrogen-bond donors (Lipinski definition) is 3. The molecule has 0 spiro atoms. The van der Waals surface area contributed by atoms with E-state index in [-0.39, 0.29) is 24.0 Å². The van der Waals surface area contributed by atoms with Gasteiger partial charge in [-0.05, 0) is 37.8 Å². The second-order valence-electron chi connectivity index (χ2n) is 6.82. The first kappa shape index (κ1) is 18.9. The molecule has 5 heteroatoms. The minimum atomic E-state index is -0.113. The van der Waals surface area contributed by atoms with Crippen LogP contribution in [-0.4, -0.2) is 43.4 Å². The average Bonchev–Trinajstić information content (AvgIpc) is 2.61. The highest BCUT2D eigenvalue weighted by Crippen LogP contribution is 2.29. The summed E-state index contributed by atoms with van der Waals surface area (Å²) in [6.45, 7) is 6.36. The number of hydrogen-bond acceptors (Lipinski definition) is 4. The fourth-order valence-corrected chi connectivity index (χ4v) is 3.09. The monoisotopic (exact) mass is 334 g/mol. The van der Waals surface area contributed by atoms with Gasteiger partial charge in [0, 0.05) is 43.3 Å². The average molecular weight is 334 g/mol. The zero-order valence-electron chi connectivity index (χ0n) is 14.8. The van der Waals surface area contributed by atoms with E-state index in [4.69, 9.17) is 4.74 Å². The van der Waals surface area contributed by atoms with Crippen molar-refractivity contribution < 1.29 is 14.6 Å². The van der Waals surface area contributed by atoms with Crippen LogP contribution in [0.3, 0.4) is 0 Å². The number of nitrogens with one attached hydrogen (secondary N) is 2. The molecule has 2 rings (SSSR count). The normalized spacial score (nSPS) is 18.1. The summed E-state index contributed by atoms with van der Waals surface area (Å²) >= 11 is 0. The van der Waals surface area contributed by atoms with Gasteiger partial charge >= 0.3 is 0 Å². The van der Waals surface area contributed by atoms with Crippen LogP contribution in [0.1, 0.15) is 38.7 Å². The summed E-state index contributed by atoms with van der Waals surface area (Å²) in [6, 6.07) is 7.96. The summed E-state index contributed by atoms with van der Waals surface area (Å²) < 4.78 is 5.38. The SMILES string of the molecule is CCc1ccccc1NC(=O)CC(C)NCC1(CO)CCOCC1. The largest absolute Gasteiger partial charge is 0.396 e. The van der Waals surface area contributed by atoms with Gasteiger partial charge in [0.1, 0.15) is 0 Å². The number of benzene rings is 1. The number of anilines is 1. The van der Waals surface area contributed by atoms with Gasteiger partial charge in [0.05, 0.1) is 6.61 Å². The molecule has 3 N–H and O–H groups in total. The van der Waals surface area contributed by atoms with E-state index >= 15 is 0 Å². The summed E-state index contributed by atoms with van der Waals surface area (Å²) in [6.07, 6.45) is 3.03. The first-order chi connectivity index (χ1) is 11.6. The molecule has 1 aromatic carbocycles. The Morgan fingerprint density at radius 1 is 1.33 bits per heavy atom. The minimum absolute atomic E-state index is 0.0147.